The number of nitrogens with zero attached hydrogens (tertiary/aromatic N) is 8. The molecule has 1 radical (unpaired) electrons. The second kappa shape index (κ2) is 50.8. The van der Waals surface area contributed by atoms with Gasteiger partial charge in [0.1, 0.15) is 0 Å². The zero-order valence-corrected chi connectivity index (χ0v) is 47.2. The Hall–Kier alpha value is -0.554. The maximum atomic E-state index is 8.49. The fraction of sp³-hybridized carbons (Fsp3) is 0.778. The van der Waals surface area contributed by atoms with Gasteiger partial charge < -0.3 is 48.4 Å². The minimum Gasteiger partial charge on any atom is -0.753 e. The van der Waals surface area contributed by atoms with Gasteiger partial charge in [0, 0.05) is 96.9 Å². The number of rotatable bonds is 0. The van der Waals surface area contributed by atoms with E-state index in [1.807, 2.05) is 0 Å². The van der Waals surface area contributed by atoms with E-state index in [2.05, 4.69) is 173 Å². The second-order valence-corrected chi connectivity index (χ2v) is 17.8. The molecule has 66 heavy (non-hydrogen) atoms. The topological polar surface area (TPSA) is 403 Å². The van der Waals surface area contributed by atoms with Gasteiger partial charge in [-0.2, -0.15) is 20.6 Å². The first kappa shape index (κ1) is 88.4. The molecular weight excluding hydrogens is 1120 g/mol. The Labute approximate surface area is 448 Å². The summed E-state index contributed by atoms with van der Waals surface area (Å²) in [4.78, 5) is 18.7. The van der Waals surface area contributed by atoms with Crippen molar-refractivity contribution in [3.63, 3.8) is 0 Å². The normalized spacial score (nSPS) is 17.6. The van der Waals surface area contributed by atoms with E-state index in [-0.39, 0.29) is 77.7 Å². The first-order valence-corrected chi connectivity index (χ1v) is 22.4. The third kappa shape index (κ3) is 93.5. The van der Waals surface area contributed by atoms with E-state index in [0.29, 0.717) is 0 Å². The first-order chi connectivity index (χ1) is 28.1. The Morgan fingerprint density at radius 2 is 0.530 bits per heavy atom. The largest absolute Gasteiger partial charge is 2.00 e. The summed E-state index contributed by atoms with van der Waals surface area (Å²) in [6, 6.07) is 0. The molecule has 0 bridgehead atoms. The zero-order chi connectivity index (χ0) is 50.3. The summed E-state index contributed by atoms with van der Waals surface area (Å²) in [6.07, 6.45) is 3.94. The number of hydrogen-bond acceptors (Lipinski definition) is 20. The number of hydrogen-bond donors (Lipinski definition) is 4. The minimum absolute atomic E-state index is 0. The monoisotopic (exact) mass is 1180 g/mol. The van der Waals surface area contributed by atoms with Crippen molar-refractivity contribution in [2.24, 2.45) is 20.0 Å². The van der Waals surface area contributed by atoms with Crippen molar-refractivity contribution in [3.8, 4) is 0 Å². The van der Waals surface area contributed by atoms with Crippen molar-refractivity contribution >= 4 is 92.4 Å². The molecule has 2 rings (SSSR count). The van der Waals surface area contributed by atoms with Gasteiger partial charge in [-0.3, -0.25) is 20.0 Å². The Morgan fingerprint density at radius 3 is 0.636 bits per heavy atom. The molecule has 0 aromatic carbocycles. The van der Waals surface area contributed by atoms with Crippen molar-refractivity contribution in [1.29, 1.82) is 0 Å². The molecule has 0 amide bonds. The molecule has 0 aliphatic carbocycles. The molecule has 21 nitrogen and oxygen atoms in total. The minimum atomic E-state index is -4.94. The number of nitrogens with one attached hydrogen (secondary N) is 4. The average molecular weight is 1180 g/mol. The molecular formula is C36H66Cl2MnN12Ni2O9S4. The fourth-order valence-electron chi connectivity index (χ4n) is 5.60. The van der Waals surface area contributed by atoms with E-state index in [1.54, 1.807) is 0 Å². The van der Waals surface area contributed by atoms with Crippen LogP contribution in [-0.2, 0) is 50.1 Å². The van der Waals surface area contributed by atoms with Crippen molar-refractivity contribution < 1.29 is 113 Å². The molecule has 2 aliphatic rings. The quantitative estimate of drug-likeness (QED) is 0.108. The molecule has 389 valence electrons. The SMILES string of the molecule is CC1=NCCNC(C)(C)CC(C)=NCCNC(C)(C)C1.CC1=NCCNC(C)(C)CC(C)=NCCNC(C)(C)C1.O.[Mn+2].[N-]=C=S.[N-]=C=S.[N-]=C=S.[N-]=C=S.[Ni+2].[Ni+2].[O-][Cl+3]([O-])([O-])[O-].[O-][Cl+3]([O-])([O-])[O-]. The number of isothiocyanates is 4. The predicted octanol–water partition coefficient (Wildman–Crippen LogP) is -2.83. The Morgan fingerprint density at radius 1 is 0.424 bits per heavy atom. The zero-order valence-electron chi connectivity index (χ0n) is 39.2. The first-order valence-electron chi connectivity index (χ1n) is 18.3. The van der Waals surface area contributed by atoms with Crippen LogP contribution in [0.2, 0.25) is 0 Å². The summed E-state index contributed by atoms with van der Waals surface area (Å²) in [5, 5.41) is 48.2. The summed E-state index contributed by atoms with van der Waals surface area (Å²) in [5.74, 6) is 0. The van der Waals surface area contributed by atoms with Crippen LogP contribution < -0.4 is 58.5 Å². The van der Waals surface area contributed by atoms with Crippen LogP contribution in [0.15, 0.2) is 20.0 Å². The predicted molar refractivity (Wildman–Crippen MR) is 246 cm³/mol. The van der Waals surface area contributed by atoms with Gasteiger partial charge >= 0.3 is 50.1 Å². The van der Waals surface area contributed by atoms with Crippen LogP contribution in [0.4, 0.5) is 0 Å². The molecule has 0 spiro atoms. The van der Waals surface area contributed by atoms with Gasteiger partial charge in [-0.25, -0.2) is 37.3 Å². The molecule has 0 fully saturated rings. The number of aliphatic imine (C=N–C) groups is 4. The summed E-state index contributed by atoms with van der Waals surface area (Å²) in [7, 11) is -9.89. The van der Waals surface area contributed by atoms with E-state index in [9.17, 15) is 0 Å². The van der Waals surface area contributed by atoms with E-state index in [4.69, 9.17) is 58.9 Å². The van der Waals surface area contributed by atoms with Gasteiger partial charge in [0.15, 0.2) is 0 Å². The Kier molecular flexibility index (Phi) is 68.1. The Bertz CT molecular complexity index is 1270. The van der Waals surface area contributed by atoms with Gasteiger partial charge in [0.25, 0.3) is 0 Å². The molecule has 0 unspecified atom stereocenters. The smallest absolute Gasteiger partial charge is 0.753 e. The van der Waals surface area contributed by atoms with Crippen molar-refractivity contribution in [2.75, 3.05) is 52.4 Å². The number of thiocarbonyl (C=S) groups is 4. The van der Waals surface area contributed by atoms with Crippen LogP contribution in [0.25, 0.3) is 21.6 Å². The Balaban J connectivity index is -0.0000000789. The molecule has 0 aromatic rings. The van der Waals surface area contributed by atoms with Gasteiger partial charge in [-0.1, -0.05) is 48.9 Å². The van der Waals surface area contributed by atoms with E-state index >= 15 is 0 Å². The maximum absolute atomic E-state index is 8.49. The maximum Gasteiger partial charge on any atom is 2.00 e. The van der Waals surface area contributed by atoms with Crippen LogP contribution in [0.1, 0.15) is 109 Å². The molecule has 0 saturated heterocycles. The van der Waals surface area contributed by atoms with Gasteiger partial charge in [-0.15, -0.1) is 20.5 Å². The summed E-state index contributed by atoms with van der Waals surface area (Å²) in [5.41, 5.74) is 5.25. The van der Waals surface area contributed by atoms with Crippen LogP contribution in [0.5, 0.6) is 0 Å². The summed E-state index contributed by atoms with van der Waals surface area (Å²) in [6.45, 7) is 33.4. The standard InChI is InChI=1S/2C16H32N4.4CNS.2ClHO4.Mn.2Ni.H2O/c2*1-13-11-15(3,4)19-10-8-18-14(2)12-16(5,6)20-9-7-17-13;4*2-1-3;2*2-1(3,4)5;;;;/h2*19-20H,7-12H2,1-6H3;;;;;2*(H,2,3,4,5);;;;1H2/q;;4*-1;;;3*+2;/p-2. The van der Waals surface area contributed by atoms with Crippen molar-refractivity contribution in [1.82, 2.24) is 21.3 Å². The molecule has 0 atom stereocenters. The summed E-state index contributed by atoms with van der Waals surface area (Å²) < 4.78 is 67.9. The third-order valence-corrected chi connectivity index (χ3v) is 7.18. The van der Waals surface area contributed by atoms with Crippen molar-refractivity contribution in [3.05, 3.63) is 21.6 Å². The van der Waals surface area contributed by atoms with E-state index in [1.165, 1.54) is 43.5 Å². The fourth-order valence-corrected chi connectivity index (χ4v) is 5.60. The van der Waals surface area contributed by atoms with Crippen LogP contribution in [0.3, 0.4) is 0 Å². The van der Waals surface area contributed by atoms with E-state index < -0.39 is 20.5 Å². The van der Waals surface area contributed by atoms with Gasteiger partial charge in [0.2, 0.25) is 0 Å². The molecule has 6 N–H and O–H groups in total. The van der Waals surface area contributed by atoms with Gasteiger partial charge in [0.05, 0.1) is 26.2 Å². The second-order valence-electron chi connectivity index (χ2n) is 15.5. The summed E-state index contributed by atoms with van der Waals surface area (Å²) >= 11 is 14.8. The van der Waals surface area contributed by atoms with E-state index in [0.717, 1.165) is 78.0 Å². The molecule has 0 saturated carbocycles. The molecule has 0 aromatic heterocycles. The van der Waals surface area contributed by atoms with Crippen LogP contribution >= 0.6 is 48.9 Å². The van der Waals surface area contributed by atoms with Crippen molar-refractivity contribution in [2.45, 2.75) is 131 Å². The third-order valence-electron chi connectivity index (χ3n) is 7.18. The molecule has 2 aliphatic heterocycles. The van der Waals surface area contributed by atoms with Crippen LogP contribution in [0, 0.1) is 20.5 Å². The number of halogens is 2. The van der Waals surface area contributed by atoms with Crippen LogP contribution in [-0.4, -0.2) is 123 Å². The molecule has 2 heterocycles. The molecule has 30 heteroatoms. The van der Waals surface area contributed by atoms with Gasteiger partial charge in [-0.05, 0) is 83.1 Å². The average Bonchev–Trinajstić information content (AvgIpc) is 3.04.